The Balaban J connectivity index is 1.83. The smallest absolute Gasteiger partial charge is 0.214 e. The average Bonchev–Trinajstić information content (AvgIpc) is 2.71. The monoisotopic (exact) mass is 239 g/mol. The summed E-state index contributed by atoms with van der Waals surface area (Å²) in [7, 11) is 0. The first-order chi connectivity index (χ1) is 7.34. The number of hydrogen-bond donors (Lipinski definition) is 0. The lowest BCUT2D eigenvalue weighted by Gasteiger charge is -2.03. The Labute approximate surface area is 97.5 Å². The Morgan fingerprint density at radius 1 is 1.27 bits per heavy atom. The van der Waals surface area contributed by atoms with Crippen molar-refractivity contribution in [3.05, 3.63) is 45.7 Å². The number of nitrogens with zero attached hydrogens (tertiary/aromatic N) is 1. The molecule has 0 atom stereocenters. The van der Waals surface area contributed by atoms with E-state index in [4.69, 9.17) is 16.3 Å². The maximum Gasteiger partial charge on any atom is 0.214 e. The predicted octanol–water partition coefficient (Wildman–Crippen LogP) is 3.42. The molecule has 0 saturated heterocycles. The van der Waals surface area contributed by atoms with E-state index in [1.54, 1.807) is 23.5 Å². The van der Waals surface area contributed by atoms with Crippen LogP contribution in [0.3, 0.4) is 0 Å². The Morgan fingerprint density at radius 2 is 2.20 bits per heavy atom. The second-order valence-corrected chi connectivity index (χ2v) is 4.40. The molecule has 0 aliphatic carbocycles. The maximum absolute atomic E-state index is 5.73. The molecule has 0 N–H and O–H groups in total. The minimum Gasteiger partial charge on any atom is -0.477 e. The first kappa shape index (κ1) is 10.5. The largest absolute Gasteiger partial charge is 0.477 e. The molecule has 0 spiro atoms. The van der Waals surface area contributed by atoms with E-state index in [2.05, 4.69) is 16.4 Å². The van der Waals surface area contributed by atoms with E-state index in [1.165, 1.54) is 4.88 Å². The summed E-state index contributed by atoms with van der Waals surface area (Å²) in [5, 5.41) is 2.52. The normalized spacial score (nSPS) is 10.2. The zero-order valence-electron chi connectivity index (χ0n) is 8.02. The number of halogens is 1. The minimum absolute atomic E-state index is 0.462. The molecule has 0 fully saturated rings. The number of aromatic nitrogens is 1. The summed E-state index contributed by atoms with van der Waals surface area (Å²) in [6.07, 6.45) is 0.909. The van der Waals surface area contributed by atoms with Gasteiger partial charge in [0, 0.05) is 17.4 Å². The van der Waals surface area contributed by atoms with Gasteiger partial charge in [-0.3, -0.25) is 0 Å². The molecule has 2 aromatic heterocycles. The van der Waals surface area contributed by atoms with Crippen LogP contribution in [-0.2, 0) is 6.42 Å². The van der Waals surface area contributed by atoms with Crippen LogP contribution in [0.2, 0.25) is 5.15 Å². The molecule has 0 unspecified atom stereocenters. The molecule has 2 heterocycles. The van der Waals surface area contributed by atoms with Crippen molar-refractivity contribution in [3.63, 3.8) is 0 Å². The van der Waals surface area contributed by atoms with Crippen LogP contribution in [0.4, 0.5) is 0 Å². The zero-order chi connectivity index (χ0) is 10.5. The van der Waals surface area contributed by atoms with Crippen LogP contribution in [0.5, 0.6) is 5.88 Å². The van der Waals surface area contributed by atoms with Gasteiger partial charge in [-0.05, 0) is 17.5 Å². The third-order valence-electron chi connectivity index (χ3n) is 1.87. The van der Waals surface area contributed by atoms with Crippen LogP contribution < -0.4 is 4.74 Å². The number of rotatable bonds is 4. The van der Waals surface area contributed by atoms with E-state index in [0.717, 1.165) is 6.42 Å². The molecule has 0 bridgehead atoms. The van der Waals surface area contributed by atoms with Crippen molar-refractivity contribution in [2.75, 3.05) is 6.61 Å². The van der Waals surface area contributed by atoms with Gasteiger partial charge in [0.1, 0.15) is 5.15 Å². The van der Waals surface area contributed by atoms with E-state index in [0.29, 0.717) is 17.6 Å². The molecular formula is C11H10ClNOS. The highest BCUT2D eigenvalue weighted by Gasteiger charge is 1.97. The molecule has 0 amide bonds. The van der Waals surface area contributed by atoms with Crippen LogP contribution in [0.15, 0.2) is 35.7 Å². The van der Waals surface area contributed by atoms with Crippen LogP contribution in [0.1, 0.15) is 4.88 Å². The van der Waals surface area contributed by atoms with Gasteiger partial charge in [-0.2, -0.15) is 0 Å². The van der Waals surface area contributed by atoms with Gasteiger partial charge in [0.15, 0.2) is 0 Å². The summed E-state index contributed by atoms with van der Waals surface area (Å²) >= 11 is 7.47. The minimum atomic E-state index is 0.462. The molecule has 2 nitrogen and oxygen atoms in total. The van der Waals surface area contributed by atoms with Crippen molar-refractivity contribution in [2.45, 2.75) is 6.42 Å². The molecule has 0 aromatic carbocycles. The quantitative estimate of drug-likeness (QED) is 0.763. The maximum atomic E-state index is 5.73. The van der Waals surface area contributed by atoms with Crippen molar-refractivity contribution in [1.29, 1.82) is 0 Å². The summed E-state index contributed by atoms with van der Waals surface area (Å²) < 4.78 is 5.47. The average molecular weight is 240 g/mol. The van der Waals surface area contributed by atoms with E-state index in [9.17, 15) is 0 Å². The van der Waals surface area contributed by atoms with Crippen LogP contribution in [-0.4, -0.2) is 11.6 Å². The van der Waals surface area contributed by atoms with Crippen molar-refractivity contribution in [2.24, 2.45) is 0 Å². The highest BCUT2D eigenvalue weighted by molar-refractivity contribution is 7.09. The lowest BCUT2D eigenvalue weighted by atomic mass is 10.4. The van der Waals surface area contributed by atoms with E-state index in [1.807, 2.05) is 12.1 Å². The van der Waals surface area contributed by atoms with E-state index in [-0.39, 0.29) is 0 Å². The number of hydrogen-bond acceptors (Lipinski definition) is 3. The summed E-state index contributed by atoms with van der Waals surface area (Å²) in [4.78, 5) is 5.36. The molecule has 2 aromatic rings. The molecule has 0 saturated carbocycles. The van der Waals surface area contributed by atoms with Crippen molar-refractivity contribution < 1.29 is 4.74 Å². The molecule has 0 radical (unpaired) electrons. The fourth-order valence-electron chi connectivity index (χ4n) is 1.18. The van der Waals surface area contributed by atoms with Crippen molar-refractivity contribution in [1.82, 2.24) is 4.98 Å². The summed E-state index contributed by atoms with van der Waals surface area (Å²) in [5.74, 6) is 0.582. The topological polar surface area (TPSA) is 22.1 Å². The molecule has 0 aliphatic heterocycles. The molecular weight excluding hydrogens is 230 g/mol. The third-order valence-corrected chi connectivity index (χ3v) is 3.01. The van der Waals surface area contributed by atoms with Gasteiger partial charge in [-0.1, -0.05) is 23.7 Å². The summed E-state index contributed by atoms with van der Waals surface area (Å²) in [6, 6.07) is 9.50. The highest BCUT2D eigenvalue weighted by atomic mass is 35.5. The lowest BCUT2D eigenvalue weighted by Crippen LogP contribution is -2.01. The van der Waals surface area contributed by atoms with E-state index < -0.39 is 0 Å². The molecule has 2 rings (SSSR count). The molecule has 78 valence electrons. The third kappa shape index (κ3) is 3.22. The van der Waals surface area contributed by atoms with Gasteiger partial charge < -0.3 is 4.74 Å². The Bertz CT molecular complexity index is 416. The van der Waals surface area contributed by atoms with Gasteiger partial charge in [-0.25, -0.2) is 4.98 Å². The molecule has 0 aliphatic rings. The zero-order valence-corrected chi connectivity index (χ0v) is 9.59. The summed E-state index contributed by atoms with van der Waals surface area (Å²) in [6.45, 7) is 0.633. The van der Waals surface area contributed by atoms with Crippen LogP contribution in [0, 0.1) is 0 Å². The van der Waals surface area contributed by atoms with Crippen LogP contribution >= 0.6 is 22.9 Å². The van der Waals surface area contributed by atoms with Crippen LogP contribution in [0.25, 0.3) is 0 Å². The Kier molecular flexibility index (Phi) is 3.59. The first-order valence-corrected chi connectivity index (χ1v) is 5.88. The second-order valence-electron chi connectivity index (χ2n) is 2.98. The predicted molar refractivity (Wildman–Crippen MR) is 62.8 cm³/mol. The van der Waals surface area contributed by atoms with Gasteiger partial charge in [-0.15, -0.1) is 11.3 Å². The number of pyridine rings is 1. The van der Waals surface area contributed by atoms with Crippen molar-refractivity contribution in [3.8, 4) is 5.88 Å². The fourth-order valence-corrected chi connectivity index (χ4v) is 2.03. The first-order valence-electron chi connectivity index (χ1n) is 4.62. The fraction of sp³-hybridized carbons (Fsp3) is 0.182. The van der Waals surface area contributed by atoms with Crippen molar-refractivity contribution >= 4 is 22.9 Å². The molecule has 15 heavy (non-hydrogen) atoms. The van der Waals surface area contributed by atoms with Gasteiger partial charge in [0.2, 0.25) is 5.88 Å². The Hall–Kier alpha value is -1.06. The number of ether oxygens (including phenoxy) is 1. The number of thiophene rings is 1. The SMILES string of the molecule is Clc1cccc(OCCc2cccs2)n1. The van der Waals surface area contributed by atoms with Gasteiger partial charge in [0.05, 0.1) is 6.61 Å². The van der Waals surface area contributed by atoms with Gasteiger partial charge in [0.25, 0.3) is 0 Å². The highest BCUT2D eigenvalue weighted by Crippen LogP contribution is 2.13. The lowest BCUT2D eigenvalue weighted by molar-refractivity contribution is 0.310. The standard InChI is InChI=1S/C11H10ClNOS/c12-10-4-1-5-11(13-10)14-7-6-9-3-2-8-15-9/h1-5,8H,6-7H2. The molecule has 4 heteroatoms. The Morgan fingerprint density at radius 3 is 2.93 bits per heavy atom. The second kappa shape index (κ2) is 5.14. The van der Waals surface area contributed by atoms with Gasteiger partial charge >= 0.3 is 0 Å². The van der Waals surface area contributed by atoms with E-state index >= 15 is 0 Å². The summed E-state index contributed by atoms with van der Waals surface area (Å²) in [5.41, 5.74) is 0.